The molecule has 0 unspecified atom stereocenters. The van der Waals surface area contributed by atoms with Crippen molar-refractivity contribution in [3.63, 3.8) is 0 Å². The molecule has 1 aliphatic rings. The Bertz CT molecular complexity index is 913. The molecule has 0 spiro atoms. The van der Waals surface area contributed by atoms with Crippen molar-refractivity contribution in [2.75, 3.05) is 0 Å². The van der Waals surface area contributed by atoms with Gasteiger partial charge in [0.2, 0.25) is 0 Å². The quantitative estimate of drug-likeness (QED) is 0.151. The number of ether oxygens (including phenoxy) is 1. The first-order valence-electron chi connectivity index (χ1n) is 14.1. The van der Waals surface area contributed by atoms with Crippen LogP contribution in [0.25, 0.3) is 0 Å². The van der Waals surface area contributed by atoms with Crippen molar-refractivity contribution in [3.8, 4) is 0 Å². The number of aliphatic hydroxyl groups excluding tert-OH is 2. The Morgan fingerprint density at radius 1 is 0.865 bits per heavy atom. The highest BCUT2D eigenvalue weighted by Crippen LogP contribution is 2.36. The number of aliphatic hydroxyl groups is 2. The van der Waals surface area contributed by atoms with Crippen LogP contribution in [0.4, 0.5) is 0 Å². The third-order valence-corrected chi connectivity index (χ3v) is 7.28. The van der Waals surface area contributed by atoms with Crippen LogP contribution in [0, 0.1) is 11.8 Å². The molecule has 0 aromatic heterocycles. The van der Waals surface area contributed by atoms with E-state index in [9.17, 15) is 15.0 Å². The third-order valence-electron chi connectivity index (χ3n) is 7.28. The van der Waals surface area contributed by atoms with Gasteiger partial charge in [-0.3, -0.25) is 4.79 Å². The Balaban J connectivity index is 1.42. The van der Waals surface area contributed by atoms with Crippen LogP contribution in [0.3, 0.4) is 0 Å². The van der Waals surface area contributed by atoms with Crippen LogP contribution < -0.4 is 0 Å². The largest absolute Gasteiger partial charge is 0.453 e. The molecular formula is C33H44O4. The van der Waals surface area contributed by atoms with Crippen LogP contribution >= 0.6 is 0 Å². The van der Waals surface area contributed by atoms with Gasteiger partial charge < -0.3 is 14.9 Å². The SMILES string of the molecule is CCCCCCC=C[C@@H]1[C@@H](CC=CCCCC(=O)OC(c2ccccc2)c2ccccc2)[C@@H](O)C[C@H]1O. The van der Waals surface area contributed by atoms with Gasteiger partial charge in [-0.25, -0.2) is 0 Å². The van der Waals surface area contributed by atoms with Crippen LogP contribution in [0.1, 0.15) is 88.4 Å². The minimum absolute atomic E-state index is 0.00806. The van der Waals surface area contributed by atoms with Gasteiger partial charge in [0.05, 0.1) is 12.2 Å². The van der Waals surface area contributed by atoms with Gasteiger partial charge in [-0.1, -0.05) is 111 Å². The molecule has 4 atom stereocenters. The monoisotopic (exact) mass is 504 g/mol. The second-order valence-electron chi connectivity index (χ2n) is 10.2. The summed E-state index contributed by atoms with van der Waals surface area (Å²) in [6.45, 7) is 2.21. The second kappa shape index (κ2) is 16.2. The maximum Gasteiger partial charge on any atom is 0.306 e. The summed E-state index contributed by atoms with van der Waals surface area (Å²) in [4.78, 5) is 12.6. The van der Waals surface area contributed by atoms with Gasteiger partial charge in [0.15, 0.2) is 6.10 Å². The molecule has 1 aliphatic carbocycles. The molecule has 0 radical (unpaired) electrons. The highest BCUT2D eigenvalue weighted by atomic mass is 16.5. The number of hydrogen-bond donors (Lipinski definition) is 2. The van der Waals surface area contributed by atoms with Crippen molar-refractivity contribution in [3.05, 3.63) is 96.1 Å². The van der Waals surface area contributed by atoms with Gasteiger partial charge in [-0.2, -0.15) is 0 Å². The first-order chi connectivity index (χ1) is 18.1. The molecule has 0 amide bonds. The highest BCUT2D eigenvalue weighted by molar-refractivity contribution is 5.70. The van der Waals surface area contributed by atoms with Gasteiger partial charge in [0.1, 0.15) is 0 Å². The number of benzene rings is 2. The van der Waals surface area contributed by atoms with E-state index in [1.54, 1.807) is 0 Å². The van der Waals surface area contributed by atoms with Gasteiger partial charge >= 0.3 is 5.97 Å². The fourth-order valence-corrected chi connectivity index (χ4v) is 5.16. The predicted octanol–water partition coefficient (Wildman–Crippen LogP) is 7.32. The molecule has 2 N–H and O–H groups in total. The molecule has 37 heavy (non-hydrogen) atoms. The lowest BCUT2D eigenvalue weighted by molar-refractivity contribution is -0.147. The smallest absolute Gasteiger partial charge is 0.306 e. The summed E-state index contributed by atoms with van der Waals surface area (Å²) in [7, 11) is 0. The number of rotatable bonds is 15. The Morgan fingerprint density at radius 2 is 1.51 bits per heavy atom. The van der Waals surface area contributed by atoms with Gasteiger partial charge in [0.25, 0.3) is 0 Å². The van der Waals surface area contributed by atoms with E-state index in [0.29, 0.717) is 19.3 Å². The summed E-state index contributed by atoms with van der Waals surface area (Å²) in [5, 5.41) is 20.9. The zero-order valence-electron chi connectivity index (χ0n) is 22.3. The van der Waals surface area contributed by atoms with Crippen LogP contribution in [-0.2, 0) is 9.53 Å². The molecule has 0 heterocycles. The fraction of sp³-hybridized carbons (Fsp3) is 0.485. The lowest BCUT2D eigenvalue weighted by Gasteiger charge is -2.19. The van der Waals surface area contributed by atoms with Crippen molar-refractivity contribution >= 4 is 5.97 Å². The van der Waals surface area contributed by atoms with E-state index in [2.05, 4.69) is 31.2 Å². The highest BCUT2D eigenvalue weighted by Gasteiger charge is 2.39. The summed E-state index contributed by atoms with van der Waals surface area (Å²) in [6, 6.07) is 19.7. The van der Waals surface area contributed by atoms with E-state index < -0.39 is 18.3 Å². The van der Waals surface area contributed by atoms with E-state index in [1.807, 2.05) is 60.7 Å². The normalized spacial score (nSPS) is 21.8. The minimum Gasteiger partial charge on any atom is -0.453 e. The molecule has 200 valence electrons. The molecule has 2 aromatic carbocycles. The first kappa shape index (κ1) is 28.9. The maximum absolute atomic E-state index is 12.6. The first-order valence-corrected chi connectivity index (χ1v) is 14.1. The molecule has 0 saturated heterocycles. The van der Waals surface area contributed by atoms with Crippen molar-refractivity contribution in [1.29, 1.82) is 0 Å². The van der Waals surface area contributed by atoms with E-state index in [1.165, 1.54) is 25.7 Å². The average Bonchev–Trinajstić information content (AvgIpc) is 3.19. The number of unbranched alkanes of at least 4 members (excludes halogenated alkanes) is 5. The Kier molecular flexibility index (Phi) is 12.7. The van der Waals surface area contributed by atoms with Gasteiger partial charge in [-0.05, 0) is 49.1 Å². The van der Waals surface area contributed by atoms with Crippen LogP contribution in [-0.4, -0.2) is 28.4 Å². The molecule has 1 fully saturated rings. The zero-order chi connectivity index (χ0) is 26.3. The Morgan fingerprint density at radius 3 is 2.16 bits per heavy atom. The number of esters is 1. The molecule has 3 rings (SSSR count). The summed E-state index contributed by atoms with van der Waals surface area (Å²) in [5.74, 6) is -0.154. The molecular weight excluding hydrogens is 460 g/mol. The molecule has 2 aromatic rings. The van der Waals surface area contributed by atoms with Crippen molar-refractivity contribution in [1.82, 2.24) is 0 Å². The van der Waals surface area contributed by atoms with Crippen molar-refractivity contribution in [2.24, 2.45) is 11.8 Å². The van der Waals surface area contributed by atoms with E-state index >= 15 is 0 Å². The second-order valence-corrected chi connectivity index (χ2v) is 10.2. The molecule has 1 saturated carbocycles. The van der Waals surface area contributed by atoms with Crippen LogP contribution in [0.5, 0.6) is 0 Å². The molecule has 0 aliphatic heterocycles. The minimum atomic E-state index is -0.475. The summed E-state index contributed by atoms with van der Waals surface area (Å²) < 4.78 is 5.89. The number of carbonyl (C=O) groups excluding carboxylic acids is 1. The van der Waals surface area contributed by atoms with Gasteiger partial charge in [0, 0.05) is 18.8 Å². The van der Waals surface area contributed by atoms with Crippen molar-refractivity contribution in [2.45, 2.75) is 89.4 Å². The third kappa shape index (κ3) is 9.60. The average molecular weight is 505 g/mol. The van der Waals surface area contributed by atoms with E-state index in [-0.39, 0.29) is 17.8 Å². The van der Waals surface area contributed by atoms with Gasteiger partial charge in [-0.15, -0.1) is 0 Å². The Labute approximate surface area is 223 Å². The fourth-order valence-electron chi connectivity index (χ4n) is 5.16. The lowest BCUT2D eigenvalue weighted by Crippen LogP contribution is -2.19. The van der Waals surface area contributed by atoms with E-state index in [0.717, 1.165) is 30.4 Å². The summed E-state index contributed by atoms with van der Waals surface area (Å²) in [6.07, 6.45) is 16.1. The number of carbonyl (C=O) groups is 1. The maximum atomic E-state index is 12.6. The number of allylic oxidation sites excluding steroid dienone is 3. The predicted molar refractivity (Wildman–Crippen MR) is 150 cm³/mol. The topological polar surface area (TPSA) is 66.8 Å². The summed E-state index contributed by atoms with van der Waals surface area (Å²) in [5.41, 5.74) is 1.92. The molecule has 4 heteroatoms. The van der Waals surface area contributed by atoms with Crippen molar-refractivity contribution < 1.29 is 19.7 Å². The zero-order valence-corrected chi connectivity index (χ0v) is 22.3. The van der Waals surface area contributed by atoms with E-state index in [4.69, 9.17) is 4.74 Å². The lowest BCUT2D eigenvalue weighted by atomic mass is 9.89. The standard InChI is InChI=1S/C33H44O4/c1-2-3-4-5-6-15-22-28-29(31(35)25-30(28)34)23-16-7-8-17-24-32(36)37-33(26-18-11-9-12-19-26)27-20-13-10-14-21-27/h7,9-16,18-22,28-31,33-35H,2-6,8,17,23-25H2,1H3/t28-,29-,30-,31+/m1/s1. The molecule has 0 bridgehead atoms. The van der Waals surface area contributed by atoms with Crippen LogP contribution in [0.2, 0.25) is 0 Å². The van der Waals surface area contributed by atoms with Crippen LogP contribution in [0.15, 0.2) is 85.0 Å². The summed E-state index contributed by atoms with van der Waals surface area (Å²) >= 11 is 0. The Hall–Kier alpha value is -2.69. The molecule has 4 nitrogen and oxygen atoms in total. The number of hydrogen-bond acceptors (Lipinski definition) is 4.